The van der Waals surface area contributed by atoms with Gasteiger partial charge in [-0.2, -0.15) is 0 Å². The van der Waals surface area contributed by atoms with Gasteiger partial charge in [-0.3, -0.25) is 0 Å². The van der Waals surface area contributed by atoms with Crippen molar-refractivity contribution in [2.75, 3.05) is 4.90 Å². The summed E-state index contributed by atoms with van der Waals surface area (Å²) < 4.78 is 0. The molecule has 1 aliphatic carbocycles. The molecule has 0 amide bonds. The molecule has 0 aromatic heterocycles. The molecule has 70 heavy (non-hydrogen) atoms. The van der Waals surface area contributed by atoms with Gasteiger partial charge in [0.05, 0.1) is 11.1 Å². The van der Waals surface area contributed by atoms with Gasteiger partial charge in [0.2, 0.25) is 0 Å². The van der Waals surface area contributed by atoms with Gasteiger partial charge in [-0.25, -0.2) is 0 Å². The molecule has 0 unspecified atom stereocenters. The Morgan fingerprint density at radius 3 is 1.10 bits per heavy atom. The lowest BCUT2D eigenvalue weighted by atomic mass is 9.68. The fourth-order valence-corrected chi connectivity index (χ4v) is 11.3. The number of hydrogen-bond acceptors (Lipinski definition) is 1. The van der Waals surface area contributed by atoms with Gasteiger partial charge in [-0.15, -0.1) is 0 Å². The molecular formula is C69H47N. The number of benzene rings is 12. The Kier molecular flexibility index (Phi) is 10.1. The molecule has 0 spiro atoms. The van der Waals surface area contributed by atoms with Crippen molar-refractivity contribution in [2.24, 2.45) is 0 Å². The standard InChI is InChI=1S/C69H47N/c1-3-20-56(21-4-1)69(57-22-5-2-6-23-57)65-29-12-11-26-64(65)68-66(69)30-15-31-67(68)70(58-44-40-50(41-45-58)48-32-36-54(37-33-48)62-27-13-18-52-16-7-9-24-60(52)62)59-46-42-51(43-47-59)49-34-38-55(39-35-49)63-28-14-19-53-17-8-10-25-61(53)63/h1-47H. The van der Waals surface area contributed by atoms with Crippen molar-refractivity contribution in [1.29, 1.82) is 0 Å². The Morgan fingerprint density at radius 2 is 0.600 bits per heavy atom. The molecule has 0 atom stereocenters. The summed E-state index contributed by atoms with van der Waals surface area (Å²) in [6, 6.07) is 105. The van der Waals surface area contributed by atoms with Gasteiger partial charge in [-0.05, 0) is 124 Å². The number of rotatable bonds is 9. The number of hydrogen-bond donors (Lipinski definition) is 0. The zero-order chi connectivity index (χ0) is 46.4. The smallest absolute Gasteiger partial charge is 0.0714 e. The van der Waals surface area contributed by atoms with E-state index in [-0.39, 0.29) is 0 Å². The lowest BCUT2D eigenvalue weighted by Gasteiger charge is -2.34. The molecule has 0 aliphatic heterocycles. The van der Waals surface area contributed by atoms with Crippen molar-refractivity contribution in [2.45, 2.75) is 5.41 Å². The second-order valence-electron chi connectivity index (χ2n) is 18.4. The monoisotopic (exact) mass is 889 g/mol. The first-order valence-corrected chi connectivity index (χ1v) is 24.2. The van der Waals surface area contributed by atoms with Crippen LogP contribution in [-0.2, 0) is 5.41 Å². The topological polar surface area (TPSA) is 3.24 Å². The van der Waals surface area contributed by atoms with E-state index in [0.717, 1.165) is 17.1 Å². The molecule has 1 heteroatoms. The van der Waals surface area contributed by atoms with E-state index in [1.807, 2.05) is 0 Å². The molecule has 12 aromatic carbocycles. The first-order valence-electron chi connectivity index (χ1n) is 24.2. The van der Waals surface area contributed by atoms with Crippen LogP contribution in [0.15, 0.2) is 285 Å². The SMILES string of the molecule is c1ccc(C2(c3ccccc3)c3ccccc3-c3c(N(c4ccc(-c5ccc(-c6cccc7ccccc67)cc5)cc4)c4ccc(-c5ccc(-c6cccc7ccccc67)cc5)cc4)cccc32)cc1. The Bertz CT molecular complexity index is 3620. The summed E-state index contributed by atoms with van der Waals surface area (Å²) in [6.07, 6.45) is 0. The fourth-order valence-electron chi connectivity index (χ4n) is 11.3. The Hall–Kier alpha value is -9.04. The Balaban J connectivity index is 0.928. The second-order valence-corrected chi connectivity index (χ2v) is 18.4. The third-order valence-electron chi connectivity index (χ3n) is 14.6. The Labute approximate surface area is 409 Å². The van der Waals surface area contributed by atoms with E-state index in [9.17, 15) is 0 Å². The highest BCUT2D eigenvalue weighted by Crippen LogP contribution is 2.59. The lowest BCUT2D eigenvalue weighted by Crippen LogP contribution is -2.28. The van der Waals surface area contributed by atoms with E-state index in [1.54, 1.807) is 0 Å². The van der Waals surface area contributed by atoms with Gasteiger partial charge in [0.25, 0.3) is 0 Å². The summed E-state index contributed by atoms with van der Waals surface area (Å²) in [7, 11) is 0. The Morgan fingerprint density at radius 1 is 0.243 bits per heavy atom. The lowest BCUT2D eigenvalue weighted by molar-refractivity contribution is 0.768. The van der Waals surface area contributed by atoms with Crippen molar-refractivity contribution >= 4 is 38.6 Å². The van der Waals surface area contributed by atoms with Gasteiger partial charge in [0.1, 0.15) is 0 Å². The van der Waals surface area contributed by atoms with Gasteiger partial charge in [0.15, 0.2) is 0 Å². The van der Waals surface area contributed by atoms with Crippen LogP contribution in [0.25, 0.3) is 77.2 Å². The highest BCUT2D eigenvalue weighted by Gasteiger charge is 2.47. The first kappa shape index (κ1) is 41.2. The molecule has 0 heterocycles. The predicted octanol–water partition coefficient (Wildman–Crippen LogP) is 18.5. The van der Waals surface area contributed by atoms with Crippen LogP contribution in [0.4, 0.5) is 17.1 Å². The molecule has 0 fully saturated rings. The zero-order valence-electron chi connectivity index (χ0n) is 38.6. The molecule has 1 aliphatic rings. The van der Waals surface area contributed by atoms with Crippen LogP contribution >= 0.6 is 0 Å². The third kappa shape index (κ3) is 6.86. The molecule has 0 radical (unpaired) electrons. The summed E-state index contributed by atoms with van der Waals surface area (Å²) >= 11 is 0. The summed E-state index contributed by atoms with van der Waals surface area (Å²) in [5, 5.41) is 5.04. The molecule has 1 nitrogen and oxygen atoms in total. The molecule has 0 saturated heterocycles. The number of anilines is 3. The minimum absolute atomic E-state index is 0.514. The molecule has 12 aromatic rings. The van der Waals surface area contributed by atoms with E-state index in [4.69, 9.17) is 0 Å². The van der Waals surface area contributed by atoms with E-state index in [1.165, 1.54) is 99.4 Å². The van der Waals surface area contributed by atoms with Crippen molar-refractivity contribution in [3.05, 3.63) is 307 Å². The third-order valence-corrected chi connectivity index (χ3v) is 14.6. The largest absolute Gasteiger partial charge is 0.310 e. The first-order chi connectivity index (χ1) is 34.7. The average Bonchev–Trinajstić information content (AvgIpc) is 3.75. The van der Waals surface area contributed by atoms with E-state index in [2.05, 4.69) is 290 Å². The summed E-state index contributed by atoms with van der Waals surface area (Å²) in [4.78, 5) is 2.46. The molecular weight excluding hydrogens is 843 g/mol. The fraction of sp³-hybridized carbons (Fsp3) is 0.0145. The van der Waals surface area contributed by atoms with Crippen LogP contribution in [0, 0.1) is 0 Å². The number of fused-ring (bicyclic) bond motifs is 5. The van der Waals surface area contributed by atoms with Crippen LogP contribution in [0.2, 0.25) is 0 Å². The van der Waals surface area contributed by atoms with Crippen molar-refractivity contribution in [3.8, 4) is 55.6 Å². The summed E-state index contributed by atoms with van der Waals surface area (Å²) in [5.74, 6) is 0. The maximum atomic E-state index is 2.46. The highest BCUT2D eigenvalue weighted by molar-refractivity contribution is 6.00. The minimum Gasteiger partial charge on any atom is -0.310 e. The van der Waals surface area contributed by atoms with Crippen LogP contribution in [-0.4, -0.2) is 0 Å². The molecule has 0 N–H and O–H groups in total. The highest BCUT2D eigenvalue weighted by atomic mass is 15.1. The van der Waals surface area contributed by atoms with E-state index >= 15 is 0 Å². The van der Waals surface area contributed by atoms with Crippen molar-refractivity contribution in [3.63, 3.8) is 0 Å². The molecule has 0 saturated carbocycles. The van der Waals surface area contributed by atoms with Gasteiger partial charge in [0, 0.05) is 16.9 Å². The van der Waals surface area contributed by atoms with E-state index < -0.39 is 5.41 Å². The van der Waals surface area contributed by atoms with Gasteiger partial charge < -0.3 is 4.90 Å². The van der Waals surface area contributed by atoms with E-state index in [0.29, 0.717) is 0 Å². The number of nitrogens with zero attached hydrogens (tertiary/aromatic N) is 1. The maximum absolute atomic E-state index is 2.46. The van der Waals surface area contributed by atoms with Crippen LogP contribution in [0.5, 0.6) is 0 Å². The van der Waals surface area contributed by atoms with Crippen molar-refractivity contribution in [1.82, 2.24) is 0 Å². The van der Waals surface area contributed by atoms with Crippen molar-refractivity contribution < 1.29 is 0 Å². The zero-order valence-corrected chi connectivity index (χ0v) is 38.6. The molecule has 328 valence electrons. The predicted molar refractivity (Wildman–Crippen MR) is 295 cm³/mol. The summed E-state index contributed by atoms with van der Waals surface area (Å²) in [5.41, 5.74) is 20.0. The van der Waals surface area contributed by atoms with Crippen LogP contribution < -0.4 is 4.90 Å². The average molecular weight is 890 g/mol. The van der Waals surface area contributed by atoms with Gasteiger partial charge >= 0.3 is 0 Å². The normalized spacial score (nSPS) is 12.4. The summed E-state index contributed by atoms with van der Waals surface area (Å²) in [6.45, 7) is 0. The van der Waals surface area contributed by atoms with Gasteiger partial charge in [-0.1, -0.05) is 255 Å². The maximum Gasteiger partial charge on any atom is 0.0714 e. The van der Waals surface area contributed by atoms with Crippen LogP contribution in [0.1, 0.15) is 22.3 Å². The molecule has 13 rings (SSSR count). The molecule has 0 bridgehead atoms. The quantitative estimate of drug-likeness (QED) is 0.140. The minimum atomic E-state index is -0.514. The van der Waals surface area contributed by atoms with Crippen LogP contribution in [0.3, 0.4) is 0 Å². The second kappa shape index (κ2) is 17.2.